The van der Waals surface area contributed by atoms with Crippen LogP contribution in [0, 0.1) is 0 Å². The van der Waals surface area contributed by atoms with Gasteiger partial charge in [0.25, 0.3) is 0 Å². The molecular weight excluding hydrogens is 182 g/mol. The third-order valence-electron chi connectivity index (χ3n) is 1.35. The Bertz CT molecular complexity index is 161. The van der Waals surface area contributed by atoms with E-state index >= 15 is 0 Å². The summed E-state index contributed by atoms with van der Waals surface area (Å²) < 4.78 is 4.34. The predicted molar refractivity (Wildman–Crippen MR) is 47.2 cm³/mol. The van der Waals surface area contributed by atoms with Gasteiger partial charge in [0.05, 0.1) is 7.11 Å². The number of carbonyl (C=O) groups is 2. The summed E-state index contributed by atoms with van der Waals surface area (Å²) >= 11 is 0. The van der Waals surface area contributed by atoms with Crippen molar-refractivity contribution in [2.75, 3.05) is 7.11 Å². The van der Waals surface area contributed by atoms with E-state index in [4.69, 9.17) is 5.73 Å². The Balaban J connectivity index is 0. The van der Waals surface area contributed by atoms with Crippen LogP contribution in [0.25, 0.3) is 0 Å². The minimum atomic E-state index is -0.799. The molecule has 0 aromatic carbocycles. The number of hydrogen-bond acceptors (Lipinski definition) is 4. The number of hydrogen-bond donors (Lipinski definition) is 1. The first-order valence-electron chi connectivity index (χ1n) is 3.47. The van der Waals surface area contributed by atoms with Crippen LogP contribution in [0.2, 0.25) is 0 Å². The molecule has 5 heteroatoms. The molecule has 0 aliphatic heterocycles. The van der Waals surface area contributed by atoms with Crippen molar-refractivity contribution in [3.05, 3.63) is 0 Å². The molecule has 4 nitrogen and oxygen atoms in total. The molecule has 1 unspecified atom stereocenters. The monoisotopic (exact) mass is 195 g/mol. The Labute approximate surface area is 77.9 Å². The van der Waals surface area contributed by atoms with Gasteiger partial charge in [-0.15, -0.1) is 12.4 Å². The van der Waals surface area contributed by atoms with E-state index in [-0.39, 0.29) is 24.6 Å². The molecule has 0 heterocycles. The van der Waals surface area contributed by atoms with Crippen molar-refractivity contribution in [2.24, 2.45) is 5.73 Å². The highest BCUT2D eigenvalue weighted by Crippen LogP contribution is 1.95. The fourth-order valence-electron chi connectivity index (χ4n) is 0.624. The van der Waals surface area contributed by atoms with E-state index < -0.39 is 12.0 Å². The lowest BCUT2D eigenvalue weighted by Gasteiger charge is -2.06. The largest absolute Gasteiger partial charge is 0.468 e. The van der Waals surface area contributed by atoms with Crippen molar-refractivity contribution in [3.8, 4) is 0 Å². The topological polar surface area (TPSA) is 69.4 Å². The lowest BCUT2D eigenvalue weighted by atomic mass is 10.1. The van der Waals surface area contributed by atoms with Crippen LogP contribution in [0.5, 0.6) is 0 Å². The third-order valence-corrected chi connectivity index (χ3v) is 1.35. The first-order valence-corrected chi connectivity index (χ1v) is 3.47. The van der Waals surface area contributed by atoms with Crippen LogP contribution in [0.15, 0.2) is 0 Å². The smallest absolute Gasteiger partial charge is 0.323 e. The van der Waals surface area contributed by atoms with Gasteiger partial charge < -0.3 is 10.5 Å². The van der Waals surface area contributed by atoms with E-state index in [0.717, 1.165) is 0 Å². The van der Waals surface area contributed by atoms with E-state index in [1.54, 1.807) is 6.92 Å². The van der Waals surface area contributed by atoms with Crippen molar-refractivity contribution < 1.29 is 14.3 Å². The summed E-state index contributed by atoms with van der Waals surface area (Å²) in [6.07, 6.45) is 0.480. The minimum Gasteiger partial charge on any atom is -0.468 e. The van der Waals surface area contributed by atoms with Crippen molar-refractivity contribution in [1.29, 1.82) is 0 Å². The number of methoxy groups -OCH3 is 1. The van der Waals surface area contributed by atoms with Crippen LogP contribution in [-0.2, 0) is 14.3 Å². The molecule has 0 rings (SSSR count). The zero-order chi connectivity index (χ0) is 8.85. The molecule has 0 amide bonds. The van der Waals surface area contributed by atoms with E-state index in [0.29, 0.717) is 6.42 Å². The lowest BCUT2D eigenvalue weighted by molar-refractivity contribution is -0.143. The maximum Gasteiger partial charge on any atom is 0.323 e. The first kappa shape index (κ1) is 13.9. The number of nitrogens with two attached hydrogens (primary N) is 1. The first-order chi connectivity index (χ1) is 5.11. The highest BCUT2D eigenvalue weighted by Gasteiger charge is 2.16. The third kappa shape index (κ3) is 5.09. The summed E-state index contributed by atoms with van der Waals surface area (Å²) in [5.74, 6) is -0.560. The normalized spacial score (nSPS) is 11.2. The number of rotatable bonds is 4. The lowest BCUT2D eigenvalue weighted by Crippen LogP contribution is -2.33. The van der Waals surface area contributed by atoms with Crippen LogP contribution in [0.4, 0.5) is 0 Å². The summed E-state index contributed by atoms with van der Waals surface area (Å²) in [6, 6.07) is -0.799. The molecule has 0 saturated heterocycles. The summed E-state index contributed by atoms with van der Waals surface area (Å²) in [6.45, 7) is 1.73. The number of esters is 1. The summed E-state index contributed by atoms with van der Waals surface area (Å²) in [7, 11) is 1.25. The van der Waals surface area contributed by atoms with Crippen molar-refractivity contribution >= 4 is 24.2 Å². The van der Waals surface area contributed by atoms with E-state index in [9.17, 15) is 9.59 Å². The molecule has 0 aliphatic rings. The molecule has 2 N–H and O–H groups in total. The molecule has 0 aliphatic carbocycles. The van der Waals surface area contributed by atoms with E-state index in [1.807, 2.05) is 0 Å². The van der Waals surface area contributed by atoms with Gasteiger partial charge in [0.15, 0.2) is 0 Å². The van der Waals surface area contributed by atoms with Gasteiger partial charge in [-0.1, -0.05) is 6.92 Å². The van der Waals surface area contributed by atoms with Crippen LogP contribution in [0.3, 0.4) is 0 Å². The number of ether oxygens (including phenoxy) is 1. The molecule has 0 fully saturated rings. The number of Topliss-reactive ketones (excluding diaryl/α,β-unsaturated/α-hetero) is 1. The molecule has 0 aromatic rings. The Morgan fingerprint density at radius 2 is 2.00 bits per heavy atom. The summed E-state index contributed by atoms with van der Waals surface area (Å²) in [4.78, 5) is 21.4. The number of halogens is 1. The van der Waals surface area contributed by atoms with Gasteiger partial charge in [0.2, 0.25) is 0 Å². The van der Waals surface area contributed by atoms with Gasteiger partial charge in [-0.25, -0.2) is 0 Å². The highest BCUT2D eigenvalue weighted by atomic mass is 35.5. The molecule has 0 radical (unpaired) electrons. The molecule has 0 aromatic heterocycles. The molecule has 12 heavy (non-hydrogen) atoms. The van der Waals surface area contributed by atoms with Crippen molar-refractivity contribution in [3.63, 3.8) is 0 Å². The predicted octanol–water partition coefficient (Wildman–Crippen LogP) is 0.278. The number of ketones is 1. The Morgan fingerprint density at radius 1 is 1.50 bits per heavy atom. The van der Waals surface area contributed by atoms with Gasteiger partial charge in [-0.3, -0.25) is 9.59 Å². The Kier molecular flexibility index (Phi) is 8.21. The van der Waals surface area contributed by atoms with Gasteiger partial charge in [-0.05, 0) is 0 Å². The zero-order valence-corrected chi connectivity index (χ0v) is 8.02. The minimum absolute atomic E-state index is 0. The SMILES string of the molecule is CCC(=O)CC(N)C(=O)OC.Cl. The standard InChI is InChI=1S/C7H13NO3.ClH/c1-3-5(9)4-6(8)7(10)11-2;/h6H,3-4,8H2,1-2H3;1H. The quantitative estimate of drug-likeness (QED) is 0.655. The average molecular weight is 196 g/mol. The van der Waals surface area contributed by atoms with E-state index in [1.165, 1.54) is 7.11 Å². The molecule has 0 bridgehead atoms. The van der Waals surface area contributed by atoms with Gasteiger partial charge in [0.1, 0.15) is 11.8 Å². The van der Waals surface area contributed by atoms with Crippen LogP contribution < -0.4 is 5.73 Å². The van der Waals surface area contributed by atoms with Crippen LogP contribution in [-0.4, -0.2) is 24.9 Å². The molecule has 1 atom stereocenters. The Morgan fingerprint density at radius 3 is 2.33 bits per heavy atom. The molecule has 0 spiro atoms. The highest BCUT2D eigenvalue weighted by molar-refractivity contribution is 5.86. The maximum atomic E-state index is 10.8. The van der Waals surface area contributed by atoms with Gasteiger partial charge >= 0.3 is 5.97 Å². The van der Waals surface area contributed by atoms with Crippen LogP contribution >= 0.6 is 12.4 Å². The van der Waals surface area contributed by atoms with Crippen LogP contribution in [0.1, 0.15) is 19.8 Å². The van der Waals surface area contributed by atoms with Crippen molar-refractivity contribution in [1.82, 2.24) is 0 Å². The second kappa shape index (κ2) is 7.06. The van der Waals surface area contributed by atoms with Crippen molar-refractivity contribution in [2.45, 2.75) is 25.8 Å². The van der Waals surface area contributed by atoms with E-state index in [2.05, 4.69) is 4.74 Å². The second-order valence-corrected chi connectivity index (χ2v) is 2.23. The molecular formula is C7H14ClNO3. The van der Waals surface area contributed by atoms with Gasteiger partial charge in [-0.2, -0.15) is 0 Å². The average Bonchev–Trinajstić information content (AvgIpc) is 2.02. The van der Waals surface area contributed by atoms with Gasteiger partial charge in [0, 0.05) is 12.8 Å². The Hall–Kier alpha value is -0.610. The second-order valence-electron chi connectivity index (χ2n) is 2.23. The fraction of sp³-hybridized carbons (Fsp3) is 0.714. The fourth-order valence-corrected chi connectivity index (χ4v) is 0.624. The summed E-state index contributed by atoms with van der Waals surface area (Å²) in [5.41, 5.74) is 5.31. The zero-order valence-electron chi connectivity index (χ0n) is 7.20. The number of carbonyl (C=O) groups excluding carboxylic acids is 2. The summed E-state index contributed by atoms with van der Waals surface area (Å²) in [5, 5.41) is 0. The molecule has 72 valence electrons. The maximum absolute atomic E-state index is 10.8. The molecule has 0 saturated carbocycles.